The number of thiol groups is 1. The fourth-order valence-corrected chi connectivity index (χ4v) is 1.49. The zero-order valence-electron chi connectivity index (χ0n) is 7.81. The lowest BCUT2D eigenvalue weighted by Gasteiger charge is -2.02. The van der Waals surface area contributed by atoms with Crippen LogP contribution in [0.15, 0.2) is 30.3 Å². The van der Waals surface area contributed by atoms with Crippen LogP contribution in [0.25, 0.3) is 6.08 Å². The maximum atomic E-state index is 5.60. The number of allylic oxidation sites excluding steroid dienone is 1. The minimum absolute atomic E-state index is 0.441. The van der Waals surface area contributed by atoms with E-state index in [2.05, 4.69) is 18.7 Å². The van der Waals surface area contributed by atoms with Crippen molar-refractivity contribution >= 4 is 35.9 Å². The van der Waals surface area contributed by atoms with E-state index in [-0.39, 0.29) is 0 Å². The van der Waals surface area contributed by atoms with E-state index < -0.39 is 0 Å². The van der Waals surface area contributed by atoms with Gasteiger partial charge >= 0.3 is 0 Å². The first-order valence-corrected chi connectivity index (χ1v) is 5.46. The van der Waals surface area contributed by atoms with E-state index in [1.807, 2.05) is 30.3 Å². The Kier molecular flexibility index (Phi) is 4.70. The van der Waals surface area contributed by atoms with Gasteiger partial charge in [-0.25, -0.2) is 0 Å². The summed E-state index contributed by atoms with van der Waals surface area (Å²) in [4.78, 5) is 0.441. The van der Waals surface area contributed by atoms with Gasteiger partial charge in [-0.2, -0.15) is 12.6 Å². The van der Waals surface area contributed by atoms with Crippen molar-refractivity contribution in [2.45, 2.75) is 6.42 Å². The summed E-state index contributed by atoms with van der Waals surface area (Å²) < 4.78 is 0. The van der Waals surface area contributed by atoms with E-state index in [4.69, 9.17) is 18.0 Å². The Morgan fingerprint density at radius 2 is 2.14 bits per heavy atom. The molecule has 0 aliphatic heterocycles. The molecule has 0 saturated heterocycles. The summed E-state index contributed by atoms with van der Waals surface area (Å²) in [5.74, 6) is 0.853. The van der Waals surface area contributed by atoms with Crippen molar-refractivity contribution in [2.24, 2.45) is 5.73 Å². The summed E-state index contributed by atoms with van der Waals surface area (Å²) in [5, 5.41) is 0. The molecule has 0 aliphatic rings. The zero-order valence-corrected chi connectivity index (χ0v) is 9.52. The van der Waals surface area contributed by atoms with Crippen LogP contribution in [0.3, 0.4) is 0 Å². The molecule has 0 spiro atoms. The van der Waals surface area contributed by atoms with Gasteiger partial charge in [-0.1, -0.05) is 48.6 Å². The average Bonchev–Trinajstić information content (AvgIpc) is 2.19. The molecule has 0 heterocycles. The normalized spacial score (nSPS) is 10.6. The molecule has 0 radical (unpaired) electrons. The van der Waals surface area contributed by atoms with Gasteiger partial charge in [0.1, 0.15) is 4.99 Å². The lowest BCUT2D eigenvalue weighted by Crippen LogP contribution is -2.10. The topological polar surface area (TPSA) is 26.0 Å². The summed E-state index contributed by atoms with van der Waals surface area (Å²) in [6.45, 7) is 0. The van der Waals surface area contributed by atoms with Gasteiger partial charge in [-0.05, 0) is 17.7 Å². The third kappa shape index (κ3) is 3.16. The molecule has 1 aromatic rings. The molecule has 1 rings (SSSR count). The monoisotopic (exact) mass is 223 g/mol. The van der Waals surface area contributed by atoms with Crippen molar-refractivity contribution in [3.63, 3.8) is 0 Å². The number of thiocarbonyl (C=S) groups is 1. The molecule has 0 aliphatic carbocycles. The van der Waals surface area contributed by atoms with Crippen LogP contribution >= 0.6 is 24.8 Å². The number of benzene rings is 1. The largest absolute Gasteiger partial charge is 0.389 e. The standard InChI is InChI=1S/C11H13NS2/c12-11(14)10-7-2-1-5-9(10)6-3-4-8-13/h1-3,5-7,13H,4,8H2,(H2,12,14). The van der Waals surface area contributed by atoms with Crippen molar-refractivity contribution < 1.29 is 0 Å². The molecular weight excluding hydrogens is 210 g/mol. The van der Waals surface area contributed by atoms with Gasteiger partial charge in [0.2, 0.25) is 0 Å². The second-order valence-electron chi connectivity index (χ2n) is 2.87. The number of rotatable bonds is 4. The van der Waals surface area contributed by atoms with Crippen molar-refractivity contribution in [1.29, 1.82) is 0 Å². The molecule has 2 N–H and O–H groups in total. The van der Waals surface area contributed by atoms with Crippen LogP contribution in [-0.2, 0) is 0 Å². The van der Waals surface area contributed by atoms with Gasteiger partial charge in [0, 0.05) is 5.56 Å². The molecule has 0 bridgehead atoms. The third-order valence-corrected chi connectivity index (χ3v) is 2.30. The molecule has 0 fully saturated rings. The molecule has 1 aromatic carbocycles. The summed E-state index contributed by atoms with van der Waals surface area (Å²) in [7, 11) is 0. The zero-order chi connectivity index (χ0) is 10.4. The lowest BCUT2D eigenvalue weighted by molar-refractivity contribution is 1.26. The maximum Gasteiger partial charge on any atom is 0.104 e. The first-order valence-electron chi connectivity index (χ1n) is 4.42. The first kappa shape index (κ1) is 11.3. The fourth-order valence-electron chi connectivity index (χ4n) is 1.15. The second kappa shape index (κ2) is 5.83. The Balaban J connectivity index is 2.90. The van der Waals surface area contributed by atoms with Gasteiger partial charge in [0.15, 0.2) is 0 Å². The second-order valence-corrected chi connectivity index (χ2v) is 3.75. The molecule has 3 heteroatoms. The average molecular weight is 223 g/mol. The number of hydrogen-bond donors (Lipinski definition) is 2. The molecule has 1 nitrogen and oxygen atoms in total. The van der Waals surface area contributed by atoms with Crippen molar-refractivity contribution in [1.82, 2.24) is 0 Å². The van der Waals surface area contributed by atoms with E-state index in [1.165, 1.54) is 0 Å². The third-order valence-electron chi connectivity index (χ3n) is 1.82. The SMILES string of the molecule is NC(=S)c1ccccc1C=CCCS. The van der Waals surface area contributed by atoms with E-state index in [9.17, 15) is 0 Å². The highest BCUT2D eigenvalue weighted by Crippen LogP contribution is 2.10. The van der Waals surface area contributed by atoms with Crippen molar-refractivity contribution in [2.75, 3.05) is 5.75 Å². The minimum atomic E-state index is 0.441. The Morgan fingerprint density at radius 1 is 1.43 bits per heavy atom. The Hall–Kier alpha value is -0.800. The summed E-state index contributed by atoms with van der Waals surface area (Å²) >= 11 is 9.09. The number of hydrogen-bond acceptors (Lipinski definition) is 2. The Morgan fingerprint density at radius 3 is 2.79 bits per heavy atom. The molecule has 0 amide bonds. The van der Waals surface area contributed by atoms with Crippen molar-refractivity contribution in [3.05, 3.63) is 41.5 Å². The molecular formula is C11H13NS2. The highest BCUT2D eigenvalue weighted by Gasteiger charge is 1.99. The first-order chi connectivity index (χ1) is 6.75. The van der Waals surface area contributed by atoms with Gasteiger partial charge in [0.25, 0.3) is 0 Å². The van der Waals surface area contributed by atoms with Gasteiger partial charge < -0.3 is 5.73 Å². The lowest BCUT2D eigenvalue weighted by atomic mass is 10.1. The summed E-state index contributed by atoms with van der Waals surface area (Å²) in [6.07, 6.45) is 5.06. The van der Waals surface area contributed by atoms with E-state index in [0.29, 0.717) is 4.99 Å². The molecule has 0 unspecified atom stereocenters. The minimum Gasteiger partial charge on any atom is -0.389 e. The van der Waals surface area contributed by atoms with E-state index in [0.717, 1.165) is 23.3 Å². The summed E-state index contributed by atoms with van der Waals surface area (Å²) in [6, 6.07) is 7.85. The smallest absolute Gasteiger partial charge is 0.104 e. The molecule has 0 saturated carbocycles. The van der Waals surface area contributed by atoms with Crippen molar-refractivity contribution in [3.8, 4) is 0 Å². The predicted molar refractivity (Wildman–Crippen MR) is 69.8 cm³/mol. The molecule has 14 heavy (non-hydrogen) atoms. The predicted octanol–water partition coefficient (Wildman–Crippen LogP) is 2.65. The van der Waals surface area contributed by atoms with Crippen LogP contribution in [0.5, 0.6) is 0 Å². The van der Waals surface area contributed by atoms with Crippen LogP contribution < -0.4 is 5.73 Å². The van der Waals surface area contributed by atoms with Gasteiger partial charge in [0.05, 0.1) is 0 Å². The molecule has 74 valence electrons. The van der Waals surface area contributed by atoms with Crippen LogP contribution in [-0.4, -0.2) is 10.7 Å². The van der Waals surface area contributed by atoms with Crippen LogP contribution in [0, 0.1) is 0 Å². The molecule has 0 aromatic heterocycles. The highest BCUT2D eigenvalue weighted by atomic mass is 32.1. The Labute approximate surface area is 95.4 Å². The highest BCUT2D eigenvalue weighted by molar-refractivity contribution is 7.80. The van der Waals surface area contributed by atoms with E-state index in [1.54, 1.807) is 0 Å². The Bertz CT molecular complexity index is 345. The molecule has 0 atom stereocenters. The van der Waals surface area contributed by atoms with Gasteiger partial charge in [-0.3, -0.25) is 0 Å². The van der Waals surface area contributed by atoms with Crippen LogP contribution in [0.2, 0.25) is 0 Å². The quantitative estimate of drug-likeness (QED) is 0.606. The van der Waals surface area contributed by atoms with E-state index >= 15 is 0 Å². The maximum absolute atomic E-state index is 5.60. The summed E-state index contributed by atoms with van der Waals surface area (Å²) in [5.41, 5.74) is 7.60. The number of nitrogens with two attached hydrogens (primary N) is 1. The van der Waals surface area contributed by atoms with Gasteiger partial charge in [-0.15, -0.1) is 0 Å². The fraction of sp³-hybridized carbons (Fsp3) is 0.182. The van der Waals surface area contributed by atoms with Crippen LogP contribution in [0.1, 0.15) is 17.5 Å². The van der Waals surface area contributed by atoms with Crippen LogP contribution in [0.4, 0.5) is 0 Å².